The SMILES string of the molecule is CC12CCC(C1)C(C)(C)C2(O)C1CCCC1. The van der Waals surface area contributed by atoms with E-state index in [1.807, 2.05) is 0 Å². The van der Waals surface area contributed by atoms with Crippen LogP contribution in [-0.2, 0) is 0 Å². The van der Waals surface area contributed by atoms with Gasteiger partial charge in [-0.15, -0.1) is 0 Å². The minimum absolute atomic E-state index is 0.148. The topological polar surface area (TPSA) is 20.2 Å². The van der Waals surface area contributed by atoms with Crippen LogP contribution >= 0.6 is 0 Å². The predicted octanol–water partition coefficient (Wildman–Crippen LogP) is 3.75. The average Bonchev–Trinajstić information content (AvgIpc) is 2.86. The van der Waals surface area contributed by atoms with Crippen molar-refractivity contribution in [2.75, 3.05) is 0 Å². The summed E-state index contributed by atoms with van der Waals surface area (Å²) >= 11 is 0. The van der Waals surface area contributed by atoms with E-state index in [-0.39, 0.29) is 16.4 Å². The van der Waals surface area contributed by atoms with Gasteiger partial charge in [0.1, 0.15) is 0 Å². The van der Waals surface area contributed by atoms with Crippen molar-refractivity contribution in [2.24, 2.45) is 22.7 Å². The van der Waals surface area contributed by atoms with Crippen LogP contribution in [0.1, 0.15) is 65.7 Å². The summed E-state index contributed by atoms with van der Waals surface area (Å²) in [5.74, 6) is 1.35. The van der Waals surface area contributed by atoms with E-state index in [9.17, 15) is 5.11 Å². The van der Waals surface area contributed by atoms with Gasteiger partial charge in [-0.25, -0.2) is 0 Å². The third-order valence-electron chi connectivity index (χ3n) is 6.61. The standard InChI is InChI=1S/C15H26O/c1-13(2)12-8-9-14(3,10-12)15(13,16)11-6-4-5-7-11/h11-12,16H,4-10H2,1-3H3. The van der Waals surface area contributed by atoms with Crippen LogP contribution in [0.5, 0.6) is 0 Å². The van der Waals surface area contributed by atoms with Crippen molar-refractivity contribution in [1.29, 1.82) is 0 Å². The lowest BCUT2D eigenvalue weighted by atomic mass is 9.55. The van der Waals surface area contributed by atoms with Gasteiger partial charge in [0.25, 0.3) is 0 Å². The van der Waals surface area contributed by atoms with Crippen molar-refractivity contribution in [2.45, 2.75) is 71.3 Å². The molecule has 2 bridgehead atoms. The summed E-state index contributed by atoms with van der Waals surface area (Å²) in [4.78, 5) is 0. The zero-order valence-corrected chi connectivity index (χ0v) is 11.1. The molecule has 3 rings (SSSR count). The molecule has 0 spiro atoms. The van der Waals surface area contributed by atoms with Crippen molar-refractivity contribution in [3.05, 3.63) is 0 Å². The third-order valence-corrected chi connectivity index (χ3v) is 6.61. The van der Waals surface area contributed by atoms with Gasteiger partial charge in [-0.05, 0) is 54.8 Å². The predicted molar refractivity (Wildman–Crippen MR) is 66.1 cm³/mol. The van der Waals surface area contributed by atoms with Crippen LogP contribution in [0.25, 0.3) is 0 Å². The van der Waals surface area contributed by atoms with Gasteiger partial charge in [-0.3, -0.25) is 0 Å². The molecule has 0 radical (unpaired) electrons. The maximum absolute atomic E-state index is 11.5. The first-order valence-electron chi connectivity index (χ1n) is 7.14. The van der Waals surface area contributed by atoms with E-state index in [2.05, 4.69) is 20.8 Å². The lowest BCUT2D eigenvalue weighted by Crippen LogP contribution is -2.58. The summed E-state index contributed by atoms with van der Waals surface area (Å²) in [6.45, 7) is 7.03. The maximum atomic E-state index is 11.5. The highest BCUT2D eigenvalue weighted by Crippen LogP contribution is 2.71. The third kappa shape index (κ3) is 1.02. The van der Waals surface area contributed by atoms with Gasteiger partial charge in [-0.1, -0.05) is 33.6 Å². The summed E-state index contributed by atoms with van der Waals surface area (Å²) < 4.78 is 0. The molecule has 1 heteroatoms. The minimum Gasteiger partial charge on any atom is -0.388 e. The van der Waals surface area contributed by atoms with Crippen molar-refractivity contribution in [1.82, 2.24) is 0 Å². The molecular formula is C15H26O. The second-order valence-electron chi connectivity index (χ2n) is 7.47. The van der Waals surface area contributed by atoms with E-state index in [0.717, 1.165) is 5.92 Å². The monoisotopic (exact) mass is 222 g/mol. The Morgan fingerprint density at radius 2 is 1.56 bits per heavy atom. The smallest absolute Gasteiger partial charge is 0.0782 e. The van der Waals surface area contributed by atoms with Gasteiger partial charge in [0, 0.05) is 0 Å². The molecule has 0 aromatic carbocycles. The lowest BCUT2D eigenvalue weighted by Gasteiger charge is -2.54. The maximum Gasteiger partial charge on any atom is 0.0782 e. The van der Waals surface area contributed by atoms with Crippen molar-refractivity contribution < 1.29 is 5.11 Å². The fourth-order valence-electron chi connectivity index (χ4n) is 5.65. The summed E-state index contributed by atoms with van der Waals surface area (Å²) in [6.07, 6.45) is 9.08. The molecule has 0 amide bonds. The molecular weight excluding hydrogens is 196 g/mol. The molecule has 0 saturated heterocycles. The molecule has 1 nitrogen and oxygen atoms in total. The zero-order valence-electron chi connectivity index (χ0n) is 11.1. The van der Waals surface area contributed by atoms with Crippen LogP contribution in [0, 0.1) is 22.7 Å². The van der Waals surface area contributed by atoms with E-state index < -0.39 is 0 Å². The van der Waals surface area contributed by atoms with E-state index in [4.69, 9.17) is 0 Å². The highest BCUT2D eigenvalue weighted by molar-refractivity contribution is 5.20. The Balaban J connectivity index is 2.03. The summed E-state index contributed by atoms with van der Waals surface area (Å²) in [5.41, 5.74) is -0.00933. The van der Waals surface area contributed by atoms with E-state index in [1.165, 1.54) is 44.9 Å². The van der Waals surface area contributed by atoms with E-state index >= 15 is 0 Å². The zero-order chi connectivity index (χ0) is 11.6. The largest absolute Gasteiger partial charge is 0.388 e. The van der Waals surface area contributed by atoms with Crippen molar-refractivity contribution in [3.8, 4) is 0 Å². The molecule has 92 valence electrons. The van der Waals surface area contributed by atoms with Crippen LogP contribution in [0.3, 0.4) is 0 Å². The van der Waals surface area contributed by atoms with Crippen LogP contribution in [-0.4, -0.2) is 10.7 Å². The lowest BCUT2D eigenvalue weighted by molar-refractivity contribution is -0.179. The Labute approximate surface area is 99.6 Å². The Morgan fingerprint density at radius 3 is 2.06 bits per heavy atom. The van der Waals surface area contributed by atoms with Crippen LogP contribution < -0.4 is 0 Å². The average molecular weight is 222 g/mol. The molecule has 0 heterocycles. The Morgan fingerprint density at radius 1 is 0.938 bits per heavy atom. The summed E-state index contributed by atoms with van der Waals surface area (Å²) in [5, 5.41) is 11.5. The van der Waals surface area contributed by atoms with Crippen LogP contribution in [0.15, 0.2) is 0 Å². The van der Waals surface area contributed by atoms with E-state index in [1.54, 1.807) is 0 Å². The second-order valence-corrected chi connectivity index (χ2v) is 7.47. The number of hydrogen-bond donors (Lipinski definition) is 1. The van der Waals surface area contributed by atoms with Gasteiger partial charge < -0.3 is 5.11 Å². The normalized spacial score (nSPS) is 51.4. The molecule has 3 atom stereocenters. The first-order valence-corrected chi connectivity index (χ1v) is 7.14. The van der Waals surface area contributed by atoms with Crippen molar-refractivity contribution >= 4 is 0 Å². The minimum atomic E-state index is -0.376. The Bertz CT molecular complexity index is 296. The number of hydrogen-bond acceptors (Lipinski definition) is 1. The van der Waals surface area contributed by atoms with Crippen molar-refractivity contribution in [3.63, 3.8) is 0 Å². The molecule has 3 unspecified atom stereocenters. The van der Waals surface area contributed by atoms with E-state index in [0.29, 0.717) is 5.92 Å². The fraction of sp³-hybridized carbons (Fsp3) is 1.00. The van der Waals surface area contributed by atoms with Gasteiger partial charge in [0.2, 0.25) is 0 Å². The number of aliphatic hydroxyl groups is 1. The molecule has 1 N–H and O–H groups in total. The summed E-state index contributed by atoms with van der Waals surface area (Å²) in [6, 6.07) is 0. The number of rotatable bonds is 1. The fourth-order valence-corrected chi connectivity index (χ4v) is 5.65. The number of fused-ring (bicyclic) bond motifs is 2. The molecule has 16 heavy (non-hydrogen) atoms. The van der Waals surface area contributed by atoms with Gasteiger partial charge in [0.05, 0.1) is 5.60 Å². The summed E-state index contributed by atoms with van der Waals surface area (Å²) in [7, 11) is 0. The molecule has 3 fully saturated rings. The molecule has 0 aliphatic heterocycles. The van der Waals surface area contributed by atoms with Crippen LogP contribution in [0.2, 0.25) is 0 Å². The highest BCUT2D eigenvalue weighted by Gasteiger charge is 2.70. The molecule has 3 aliphatic rings. The highest BCUT2D eigenvalue weighted by atomic mass is 16.3. The first kappa shape index (κ1) is 11.1. The molecule has 0 aromatic rings. The first-order chi connectivity index (χ1) is 7.42. The Kier molecular flexibility index (Phi) is 2.11. The Hall–Kier alpha value is -0.0400. The van der Waals surface area contributed by atoms with Gasteiger partial charge >= 0.3 is 0 Å². The molecule has 3 aliphatic carbocycles. The quantitative estimate of drug-likeness (QED) is 0.716. The second kappa shape index (κ2) is 3.04. The molecule has 3 saturated carbocycles. The van der Waals surface area contributed by atoms with Gasteiger partial charge in [0.15, 0.2) is 0 Å². The molecule has 0 aromatic heterocycles. The van der Waals surface area contributed by atoms with Gasteiger partial charge in [-0.2, -0.15) is 0 Å². The van der Waals surface area contributed by atoms with Crippen LogP contribution in [0.4, 0.5) is 0 Å².